The van der Waals surface area contributed by atoms with E-state index >= 15 is 0 Å². The number of carbonyl (C=O) groups is 1. The molecule has 0 aliphatic heterocycles. The second-order valence-corrected chi connectivity index (χ2v) is 7.92. The van der Waals surface area contributed by atoms with Gasteiger partial charge in [0.1, 0.15) is 5.75 Å². The number of sulfonamides is 1. The number of hydrogen-bond donors (Lipinski definition) is 2. The normalized spacial score (nSPS) is 11.0. The number of benzene rings is 2. The molecule has 8 nitrogen and oxygen atoms in total. The maximum absolute atomic E-state index is 12.4. The summed E-state index contributed by atoms with van der Waals surface area (Å²) >= 11 is 0. The topological polar surface area (TPSA) is 102 Å². The molecule has 152 valence electrons. The van der Waals surface area contributed by atoms with Gasteiger partial charge in [-0.3, -0.25) is 9.52 Å². The van der Waals surface area contributed by atoms with Gasteiger partial charge in [-0.15, -0.1) is 0 Å². The molecule has 0 aliphatic rings. The van der Waals surface area contributed by atoms with Gasteiger partial charge < -0.3 is 14.6 Å². The van der Waals surface area contributed by atoms with Crippen molar-refractivity contribution in [1.29, 1.82) is 0 Å². The van der Waals surface area contributed by atoms with Crippen molar-refractivity contribution in [1.82, 2.24) is 14.9 Å². The molecule has 0 saturated carbocycles. The zero-order valence-electron chi connectivity index (χ0n) is 15.7. The molecule has 9 heteroatoms. The number of aromatic nitrogens is 2. The van der Waals surface area contributed by atoms with Gasteiger partial charge >= 0.3 is 0 Å². The summed E-state index contributed by atoms with van der Waals surface area (Å²) in [4.78, 5) is 15.9. The Bertz CT molecular complexity index is 1000. The number of imidazole rings is 1. The number of para-hydroxylation sites is 1. The third kappa shape index (κ3) is 6.35. The Morgan fingerprint density at radius 2 is 1.83 bits per heavy atom. The SMILES string of the molecule is O=C(COc1ccc(S(=O)(=O)Nc2ccccc2)cc1)NCCCn1ccnc1. The Labute approximate surface area is 169 Å². The van der Waals surface area contributed by atoms with E-state index in [0.717, 1.165) is 13.0 Å². The molecule has 0 radical (unpaired) electrons. The number of ether oxygens (including phenoxy) is 1. The summed E-state index contributed by atoms with van der Waals surface area (Å²) < 4.78 is 34.6. The number of nitrogens with zero attached hydrogens (tertiary/aromatic N) is 2. The number of carbonyl (C=O) groups excluding carboxylic acids is 1. The van der Waals surface area contributed by atoms with Gasteiger partial charge in [0, 0.05) is 31.2 Å². The van der Waals surface area contributed by atoms with Crippen LogP contribution in [0.3, 0.4) is 0 Å². The first-order chi connectivity index (χ1) is 14.0. The molecule has 29 heavy (non-hydrogen) atoms. The van der Waals surface area contributed by atoms with Crippen molar-refractivity contribution in [3.05, 3.63) is 73.3 Å². The van der Waals surface area contributed by atoms with E-state index in [4.69, 9.17) is 4.74 Å². The van der Waals surface area contributed by atoms with Crippen LogP contribution in [0.2, 0.25) is 0 Å². The predicted molar refractivity (Wildman–Crippen MR) is 109 cm³/mol. The highest BCUT2D eigenvalue weighted by atomic mass is 32.2. The molecule has 0 fully saturated rings. The largest absolute Gasteiger partial charge is 0.484 e. The Morgan fingerprint density at radius 3 is 2.52 bits per heavy atom. The Kier molecular flexibility index (Phi) is 6.85. The van der Waals surface area contributed by atoms with E-state index in [2.05, 4.69) is 15.0 Å². The number of hydrogen-bond acceptors (Lipinski definition) is 5. The van der Waals surface area contributed by atoms with Crippen LogP contribution < -0.4 is 14.8 Å². The van der Waals surface area contributed by atoms with Crippen LogP contribution in [0, 0.1) is 0 Å². The van der Waals surface area contributed by atoms with Crippen molar-refractivity contribution in [3.8, 4) is 5.75 Å². The minimum absolute atomic E-state index is 0.109. The van der Waals surface area contributed by atoms with Crippen LogP contribution in [0.1, 0.15) is 6.42 Å². The first-order valence-electron chi connectivity index (χ1n) is 9.06. The summed E-state index contributed by atoms with van der Waals surface area (Å²) in [5.74, 6) is 0.176. The molecule has 0 unspecified atom stereocenters. The van der Waals surface area contributed by atoms with Gasteiger partial charge in [0.05, 0.1) is 11.2 Å². The Hall–Kier alpha value is -3.33. The average molecular weight is 414 g/mol. The van der Waals surface area contributed by atoms with Crippen LogP contribution in [-0.2, 0) is 21.4 Å². The van der Waals surface area contributed by atoms with Crippen LogP contribution in [0.15, 0.2) is 78.2 Å². The molecule has 0 bridgehead atoms. The molecule has 1 aromatic heterocycles. The maximum Gasteiger partial charge on any atom is 0.261 e. The van der Waals surface area contributed by atoms with Crippen LogP contribution in [0.5, 0.6) is 5.75 Å². The summed E-state index contributed by atoms with van der Waals surface area (Å²) in [5, 5.41) is 2.77. The van der Waals surface area contributed by atoms with Crippen LogP contribution in [0.25, 0.3) is 0 Å². The molecule has 1 heterocycles. The monoisotopic (exact) mass is 414 g/mol. The van der Waals surface area contributed by atoms with Crippen LogP contribution >= 0.6 is 0 Å². The van der Waals surface area contributed by atoms with Gasteiger partial charge in [-0.2, -0.15) is 0 Å². The molecule has 2 N–H and O–H groups in total. The average Bonchev–Trinajstić information content (AvgIpc) is 3.24. The molecule has 0 saturated heterocycles. The van der Waals surface area contributed by atoms with Gasteiger partial charge in [-0.25, -0.2) is 13.4 Å². The Balaban J connectivity index is 1.43. The molecule has 0 spiro atoms. The highest BCUT2D eigenvalue weighted by Gasteiger charge is 2.14. The second-order valence-electron chi connectivity index (χ2n) is 6.24. The number of anilines is 1. The second kappa shape index (κ2) is 9.74. The summed E-state index contributed by atoms with van der Waals surface area (Å²) in [5.41, 5.74) is 0.484. The van der Waals surface area contributed by atoms with E-state index < -0.39 is 10.0 Å². The fourth-order valence-electron chi connectivity index (χ4n) is 2.54. The van der Waals surface area contributed by atoms with Gasteiger partial charge in [-0.1, -0.05) is 18.2 Å². The van der Waals surface area contributed by atoms with Crippen molar-refractivity contribution >= 4 is 21.6 Å². The van der Waals surface area contributed by atoms with Crippen molar-refractivity contribution in [3.63, 3.8) is 0 Å². The minimum atomic E-state index is -3.69. The van der Waals surface area contributed by atoms with E-state index in [0.29, 0.717) is 18.0 Å². The smallest absolute Gasteiger partial charge is 0.261 e. The molecule has 1 amide bonds. The zero-order chi connectivity index (χ0) is 20.5. The standard InChI is InChI=1S/C20H22N4O4S/c25-20(22-11-4-13-24-14-12-21-16-24)15-28-18-7-9-19(10-8-18)29(26,27)23-17-5-2-1-3-6-17/h1-3,5-10,12,14,16,23H,4,11,13,15H2,(H,22,25). The van der Waals surface area contributed by atoms with E-state index in [1.165, 1.54) is 24.3 Å². The number of amides is 1. The van der Waals surface area contributed by atoms with Gasteiger partial charge in [0.2, 0.25) is 0 Å². The third-order valence-electron chi connectivity index (χ3n) is 4.00. The van der Waals surface area contributed by atoms with E-state index in [1.807, 2.05) is 10.8 Å². The molecule has 0 atom stereocenters. The summed E-state index contributed by atoms with van der Waals surface area (Å²) in [6, 6.07) is 14.5. The zero-order valence-corrected chi connectivity index (χ0v) is 16.5. The summed E-state index contributed by atoms with van der Waals surface area (Å²) in [7, 11) is -3.69. The number of rotatable bonds is 10. The predicted octanol–water partition coefficient (Wildman–Crippen LogP) is 2.27. The molecule has 3 aromatic rings. The third-order valence-corrected chi connectivity index (χ3v) is 5.40. The molecular weight excluding hydrogens is 392 g/mol. The van der Waals surface area contributed by atoms with E-state index in [9.17, 15) is 13.2 Å². The summed E-state index contributed by atoms with van der Waals surface area (Å²) in [6.45, 7) is 1.16. The van der Waals surface area contributed by atoms with E-state index in [1.54, 1.807) is 42.9 Å². The number of nitrogens with one attached hydrogen (secondary N) is 2. The molecule has 2 aromatic carbocycles. The van der Waals surface area contributed by atoms with Gasteiger partial charge in [0.25, 0.3) is 15.9 Å². The quantitative estimate of drug-likeness (QED) is 0.496. The highest BCUT2D eigenvalue weighted by molar-refractivity contribution is 7.92. The lowest BCUT2D eigenvalue weighted by Crippen LogP contribution is -2.30. The lowest BCUT2D eigenvalue weighted by molar-refractivity contribution is -0.123. The minimum Gasteiger partial charge on any atom is -0.484 e. The number of aryl methyl sites for hydroxylation is 1. The molecule has 3 rings (SSSR count). The fraction of sp³-hybridized carbons (Fsp3) is 0.200. The Morgan fingerprint density at radius 1 is 1.07 bits per heavy atom. The maximum atomic E-state index is 12.4. The van der Waals surface area contributed by atoms with E-state index in [-0.39, 0.29) is 17.4 Å². The molecular formula is C20H22N4O4S. The first kappa shape index (κ1) is 20.4. The van der Waals surface area contributed by atoms with Crippen LogP contribution in [0.4, 0.5) is 5.69 Å². The lowest BCUT2D eigenvalue weighted by atomic mass is 10.3. The van der Waals surface area contributed by atoms with Crippen molar-refractivity contribution in [2.75, 3.05) is 17.9 Å². The fourth-order valence-corrected chi connectivity index (χ4v) is 3.60. The lowest BCUT2D eigenvalue weighted by Gasteiger charge is -2.10. The highest BCUT2D eigenvalue weighted by Crippen LogP contribution is 2.19. The first-order valence-corrected chi connectivity index (χ1v) is 10.5. The summed E-state index contributed by atoms with van der Waals surface area (Å²) in [6.07, 6.45) is 6.08. The van der Waals surface area contributed by atoms with Gasteiger partial charge in [-0.05, 0) is 42.8 Å². The van der Waals surface area contributed by atoms with Crippen molar-refractivity contribution in [2.24, 2.45) is 0 Å². The van der Waals surface area contributed by atoms with Crippen molar-refractivity contribution < 1.29 is 17.9 Å². The van der Waals surface area contributed by atoms with Crippen LogP contribution in [-0.4, -0.2) is 37.0 Å². The van der Waals surface area contributed by atoms with Crippen molar-refractivity contribution in [2.45, 2.75) is 17.9 Å². The molecule has 0 aliphatic carbocycles. The van der Waals surface area contributed by atoms with Gasteiger partial charge in [0.15, 0.2) is 6.61 Å².